The highest BCUT2D eigenvalue weighted by atomic mass is 15.5. The Morgan fingerprint density at radius 2 is 0.977 bits per heavy atom. The van der Waals surface area contributed by atoms with E-state index in [1.165, 1.54) is 43.4 Å². The number of azo groups is 1. The Morgan fingerprint density at radius 3 is 1.30 bits per heavy atom. The van der Waals surface area contributed by atoms with Crippen LogP contribution in [-0.2, 0) is 0 Å². The van der Waals surface area contributed by atoms with E-state index < -0.39 is 6.15 Å². The van der Waals surface area contributed by atoms with Crippen LogP contribution in [0, 0.1) is 20.8 Å². The Balaban J connectivity index is 0.000000181. The van der Waals surface area contributed by atoms with E-state index in [4.69, 9.17) is 0 Å². The van der Waals surface area contributed by atoms with Gasteiger partial charge in [0.25, 0.3) is 6.29 Å². The van der Waals surface area contributed by atoms with Crippen LogP contribution in [0.5, 0.6) is 0 Å². The number of nitrogens with one attached hydrogen (secondary N) is 1. The lowest BCUT2D eigenvalue weighted by atomic mass is 9.13. The fourth-order valence-corrected chi connectivity index (χ4v) is 6.46. The second-order valence-corrected chi connectivity index (χ2v) is 11.6. The molecule has 0 bridgehead atoms. The number of rotatable bonds is 6. The van der Waals surface area contributed by atoms with Crippen molar-refractivity contribution in [2.75, 3.05) is 14.1 Å². The molecule has 2 unspecified atom stereocenters. The van der Waals surface area contributed by atoms with E-state index in [0.29, 0.717) is 0 Å². The molecule has 1 heterocycles. The SMILES string of the molecule is Cc1cc(C)c(/N=N/C2N(C)C=C[NH+]2C)c(C)c1.c1ccc([B-](c2ccccc2)(c2ccccc2)c2ccccc2)cc1. The summed E-state index contributed by atoms with van der Waals surface area (Å²) in [4.78, 5) is 3.29. The molecule has 0 saturated heterocycles. The van der Waals surface area contributed by atoms with Gasteiger partial charge in [0.1, 0.15) is 12.3 Å². The minimum Gasteiger partial charge on any atom is -0.306 e. The van der Waals surface area contributed by atoms with Crippen LogP contribution in [0.1, 0.15) is 16.7 Å². The van der Waals surface area contributed by atoms with Crippen molar-refractivity contribution in [3.8, 4) is 0 Å². The fraction of sp³-hybridized carbons (Fsp3) is 0.158. The van der Waals surface area contributed by atoms with Gasteiger partial charge in [-0.05, 0) is 31.9 Å². The summed E-state index contributed by atoms with van der Waals surface area (Å²) < 4.78 is 0. The third kappa shape index (κ3) is 6.37. The monoisotopic (exact) mass is 564 g/mol. The van der Waals surface area contributed by atoms with Gasteiger partial charge in [0.05, 0.1) is 18.9 Å². The predicted molar refractivity (Wildman–Crippen MR) is 183 cm³/mol. The minimum absolute atomic E-state index is 0.0464. The number of benzene rings is 5. The van der Waals surface area contributed by atoms with Crippen molar-refractivity contribution in [1.29, 1.82) is 0 Å². The lowest BCUT2D eigenvalue weighted by Gasteiger charge is -2.44. The molecule has 0 saturated carbocycles. The average Bonchev–Trinajstić information content (AvgIpc) is 3.36. The van der Waals surface area contributed by atoms with Crippen molar-refractivity contribution in [2.45, 2.75) is 27.1 Å². The zero-order valence-corrected chi connectivity index (χ0v) is 25.9. The quantitative estimate of drug-likeness (QED) is 0.229. The van der Waals surface area contributed by atoms with E-state index >= 15 is 0 Å². The van der Waals surface area contributed by atoms with Crippen molar-refractivity contribution in [3.63, 3.8) is 0 Å². The highest BCUT2D eigenvalue weighted by Gasteiger charge is 2.31. The average molecular weight is 565 g/mol. The second-order valence-electron chi connectivity index (χ2n) is 11.6. The standard InChI is InChI=1S/C24H20B.C14H20N4/c1-5-13-21(14-6-1)25(22-15-7-2-8-16-22,23-17-9-3-10-18-23)24-19-11-4-12-20-24;1-10-8-11(2)13(12(3)9-10)15-16-14-17(4)6-7-18(14)5/h1-20H;6-9,14H,1-5H3/q-1;/p+1/b;16-15+. The third-order valence-electron chi connectivity index (χ3n) is 8.47. The number of nitrogens with zero attached hydrogens (tertiary/aromatic N) is 3. The van der Waals surface area contributed by atoms with E-state index in [-0.39, 0.29) is 6.29 Å². The Labute approximate surface area is 257 Å². The van der Waals surface area contributed by atoms with E-state index in [2.05, 4.69) is 183 Å². The maximum atomic E-state index is 4.46. The van der Waals surface area contributed by atoms with Gasteiger partial charge in [-0.25, -0.2) is 0 Å². The molecule has 0 radical (unpaired) electrons. The molecule has 5 aromatic carbocycles. The van der Waals surface area contributed by atoms with Gasteiger partial charge in [-0.2, -0.15) is 21.9 Å². The molecule has 5 aromatic rings. The number of hydrogen-bond acceptors (Lipinski definition) is 3. The lowest BCUT2D eigenvalue weighted by molar-refractivity contribution is -0.856. The summed E-state index contributed by atoms with van der Waals surface area (Å²) in [7, 11) is 4.10. The molecule has 5 heteroatoms. The topological polar surface area (TPSA) is 32.4 Å². The molecule has 0 spiro atoms. The lowest BCUT2D eigenvalue weighted by Crippen LogP contribution is -3.08. The van der Waals surface area contributed by atoms with Crippen LogP contribution in [0.3, 0.4) is 0 Å². The van der Waals surface area contributed by atoms with Crippen molar-refractivity contribution < 1.29 is 4.90 Å². The van der Waals surface area contributed by atoms with Crippen molar-refractivity contribution in [1.82, 2.24) is 4.90 Å². The van der Waals surface area contributed by atoms with Crippen molar-refractivity contribution in [3.05, 3.63) is 163 Å². The van der Waals surface area contributed by atoms with Crippen LogP contribution in [0.4, 0.5) is 5.69 Å². The number of quaternary nitrogens is 1. The summed E-state index contributed by atoms with van der Waals surface area (Å²) in [6, 6.07) is 47.8. The van der Waals surface area contributed by atoms with Gasteiger partial charge < -0.3 is 4.90 Å². The third-order valence-corrected chi connectivity index (χ3v) is 8.47. The van der Waals surface area contributed by atoms with Crippen LogP contribution >= 0.6 is 0 Å². The summed E-state index contributed by atoms with van der Waals surface area (Å²) in [6.45, 7) is 6.27. The number of hydrogen-bond donors (Lipinski definition) is 1. The molecule has 0 fully saturated rings. The summed E-state index contributed by atoms with van der Waals surface area (Å²) in [5.41, 5.74) is 9.99. The Hall–Kier alpha value is -4.74. The molecule has 1 N–H and O–H groups in total. The fourth-order valence-electron chi connectivity index (χ4n) is 6.46. The van der Waals surface area contributed by atoms with Gasteiger partial charge in [-0.15, -0.1) is 10.2 Å². The number of aryl methyl sites for hydroxylation is 3. The molecule has 2 atom stereocenters. The zero-order chi connectivity index (χ0) is 30.2. The van der Waals surface area contributed by atoms with E-state index in [1.807, 2.05) is 13.2 Å². The molecule has 0 amide bonds. The second kappa shape index (κ2) is 13.5. The van der Waals surface area contributed by atoms with E-state index in [1.54, 1.807) is 0 Å². The molecule has 1 aliphatic rings. The van der Waals surface area contributed by atoms with Gasteiger partial charge in [0.2, 0.25) is 0 Å². The summed E-state index contributed by atoms with van der Waals surface area (Å²) in [6.07, 6.45) is 2.95. The summed E-state index contributed by atoms with van der Waals surface area (Å²) in [5, 5.41) is 8.91. The molecule has 1 aliphatic heterocycles. The van der Waals surface area contributed by atoms with Crippen LogP contribution in [0.15, 0.2) is 156 Å². The first-order chi connectivity index (χ1) is 20.9. The Bertz CT molecular complexity index is 1470. The first kappa shape index (κ1) is 29.7. The van der Waals surface area contributed by atoms with Gasteiger partial charge in [0.15, 0.2) is 0 Å². The maximum Gasteiger partial charge on any atom is 0.284 e. The minimum atomic E-state index is -1.22. The normalized spacial score (nSPS) is 16.3. The molecule has 216 valence electrons. The Morgan fingerprint density at radius 1 is 0.605 bits per heavy atom. The van der Waals surface area contributed by atoms with Crippen molar-refractivity contribution in [2.24, 2.45) is 10.2 Å². The van der Waals surface area contributed by atoms with Gasteiger partial charge >= 0.3 is 0 Å². The first-order valence-electron chi connectivity index (χ1n) is 15.0. The van der Waals surface area contributed by atoms with Gasteiger partial charge in [0, 0.05) is 7.05 Å². The van der Waals surface area contributed by atoms with Crippen LogP contribution in [-0.4, -0.2) is 31.4 Å². The largest absolute Gasteiger partial charge is 0.306 e. The van der Waals surface area contributed by atoms with Crippen LogP contribution in [0.2, 0.25) is 0 Å². The highest BCUT2D eigenvalue weighted by molar-refractivity contribution is 7.19. The molecule has 4 nitrogen and oxygen atoms in total. The predicted octanol–water partition coefficient (Wildman–Crippen LogP) is 4.97. The smallest absolute Gasteiger partial charge is 0.284 e. The Kier molecular flexibility index (Phi) is 9.34. The molecular formula is C38H41BN4. The van der Waals surface area contributed by atoms with Crippen molar-refractivity contribution >= 4 is 33.7 Å². The van der Waals surface area contributed by atoms with Crippen LogP contribution < -0.4 is 26.8 Å². The molecule has 0 aliphatic carbocycles. The van der Waals surface area contributed by atoms with E-state index in [0.717, 1.165) is 5.69 Å². The van der Waals surface area contributed by atoms with Gasteiger partial charge in [-0.3, -0.25) is 4.90 Å². The molecular weight excluding hydrogens is 523 g/mol. The molecule has 6 rings (SSSR count). The highest BCUT2D eigenvalue weighted by Crippen LogP contribution is 2.25. The molecule has 43 heavy (non-hydrogen) atoms. The first-order valence-corrected chi connectivity index (χ1v) is 15.0. The maximum absolute atomic E-state index is 4.46. The van der Waals surface area contributed by atoms with Gasteiger partial charge in [-0.1, -0.05) is 139 Å². The van der Waals surface area contributed by atoms with E-state index in [9.17, 15) is 0 Å². The zero-order valence-electron chi connectivity index (χ0n) is 25.9. The molecule has 0 aromatic heterocycles. The summed E-state index contributed by atoms with van der Waals surface area (Å²) in [5.74, 6) is 0. The summed E-state index contributed by atoms with van der Waals surface area (Å²) >= 11 is 0. The van der Waals surface area contributed by atoms with Crippen LogP contribution in [0.25, 0.3) is 0 Å².